The fourth-order valence-electron chi connectivity index (χ4n) is 3.23. The maximum absolute atomic E-state index is 13.0. The molecule has 0 fully saturated rings. The lowest BCUT2D eigenvalue weighted by molar-refractivity contribution is -0.116. The van der Waals surface area contributed by atoms with Crippen molar-refractivity contribution in [2.45, 2.75) is 40.7 Å². The molecule has 2 rings (SSSR count). The van der Waals surface area contributed by atoms with Gasteiger partial charge in [0.1, 0.15) is 0 Å². The minimum atomic E-state index is -0.136. The van der Waals surface area contributed by atoms with Crippen LogP contribution in [0, 0.1) is 11.8 Å². The van der Waals surface area contributed by atoms with Crippen LogP contribution in [0.25, 0.3) is 0 Å². The highest BCUT2D eigenvalue weighted by Crippen LogP contribution is 2.26. The predicted molar refractivity (Wildman–Crippen MR) is 117 cm³/mol. The van der Waals surface area contributed by atoms with Crippen LogP contribution in [-0.2, 0) is 11.3 Å². The van der Waals surface area contributed by atoms with Crippen LogP contribution >= 0.6 is 0 Å². The third-order valence-corrected chi connectivity index (χ3v) is 4.40. The number of hydrogen-bond acceptors (Lipinski definition) is 4. The van der Waals surface area contributed by atoms with Crippen molar-refractivity contribution in [2.24, 2.45) is 11.8 Å². The van der Waals surface area contributed by atoms with E-state index in [1.165, 1.54) is 6.26 Å². The van der Waals surface area contributed by atoms with E-state index in [1.54, 1.807) is 17.0 Å². The number of hydrogen-bond donors (Lipinski definition) is 1. The van der Waals surface area contributed by atoms with E-state index >= 15 is 0 Å². The minimum absolute atomic E-state index is 0.00532. The molecule has 0 spiro atoms. The van der Waals surface area contributed by atoms with E-state index in [0.717, 1.165) is 16.9 Å². The van der Waals surface area contributed by atoms with Crippen molar-refractivity contribution in [3.8, 4) is 0 Å². The second-order valence-electron chi connectivity index (χ2n) is 8.44. The van der Waals surface area contributed by atoms with Crippen LogP contribution in [0.5, 0.6) is 0 Å². The molecule has 0 saturated heterocycles. The Kier molecular flexibility index (Phi) is 7.88. The van der Waals surface area contributed by atoms with Crippen LogP contribution in [0.2, 0.25) is 0 Å². The number of nitrogens with one attached hydrogen (secondary N) is 1. The second-order valence-corrected chi connectivity index (χ2v) is 8.44. The average Bonchev–Trinajstić information content (AvgIpc) is 3.13. The number of nitrogens with zero attached hydrogens (tertiary/aromatic N) is 2. The molecular weight excluding hydrogens is 366 g/mol. The van der Waals surface area contributed by atoms with Crippen molar-refractivity contribution < 1.29 is 14.0 Å². The average molecular weight is 400 g/mol. The summed E-state index contributed by atoms with van der Waals surface area (Å²) in [7, 11) is 3.94. The molecule has 6 heteroatoms. The van der Waals surface area contributed by atoms with Crippen molar-refractivity contribution in [2.75, 3.05) is 30.9 Å². The maximum Gasteiger partial charge on any atom is 0.289 e. The lowest BCUT2D eigenvalue weighted by Gasteiger charge is -2.27. The van der Waals surface area contributed by atoms with Gasteiger partial charge in [-0.25, -0.2) is 0 Å². The van der Waals surface area contributed by atoms with Gasteiger partial charge in [0, 0.05) is 45.0 Å². The highest BCUT2D eigenvalue weighted by molar-refractivity contribution is 5.92. The second kappa shape index (κ2) is 10.1. The van der Waals surface area contributed by atoms with E-state index in [0.29, 0.717) is 37.1 Å². The van der Waals surface area contributed by atoms with E-state index in [1.807, 2.05) is 51.0 Å². The number of rotatable bonds is 9. The molecule has 0 radical (unpaired) electrons. The topological polar surface area (TPSA) is 65.8 Å². The first kappa shape index (κ1) is 22.5. The summed E-state index contributed by atoms with van der Waals surface area (Å²) in [5, 5.41) is 2.97. The van der Waals surface area contributed by atoms with Crippen molar-refractivity contribution >= 4 is 23.2 Å². The third kappa shape index (κ3) is 6.66. The van der Waals surface area contributed by atoms with Crippen LogP contribution in [0.3, 0.4) is 0 Å². The summed E-state index contributed by atoms with van der Waals surface area (Å²) < 4.78 is 5.33. The number of benzene rings is 1. The van der Waals surface area contributed by atoms with Crippen LogP contribution < -0.4 is 10.2 Å². The Morgan fingerprint density at radius 1 is 1.07 bits per heavy atom. The van der Waals surface area contributed by atoms with Crippen LogP contribution in [0.1, 0.15) is 50.2 Å². The number of anilines is 2. The van der Waals surface area contributed by atoms with Gasteiger partial charge < -0.3 is 19.5 Å². The molecule has 1 heterocycles. The van der Waals surface area contributed by atoms with Gasteiger partial charge >= 0.3 is 0 Å². The fraction of sp³-hybridized carbons (Fsp3) is 0.478. The molecule has 2 aromatic rings. The van der Waals surface area contributed by atoms with Gasteiger partial charge in [-0.2, -0.15) is 0 Å². The van der Waals surface area contributed by atoms with Crippen LogP contribution in [0.15, 0.2) is 41.0 Å². The third-order valence-electron chi connectivity index (χ3n) is 4.40. The Hall–Kier alpha value is -2.76. The van der Waals surface area contributed by atoms with Crippen molar-refractivity contribution in [3.05, 3.63) is 47.9 Å². The van der Waals surface area contributed by atoms with E-state index in [9.17, 15) is 9.59 Å². The first-order valence-electron chi connectivity index (χ1n) is 10.1. The van der Waals surface area contributed by atoms with Gasteiger partial charge in [0.25, 0.3) is 5.91 Å². The van der Waals surface area contributed by atoms with Gasteiger partial charge in [-0.3, -0.25) is 9.59 Å². The molecule has 0 aliphatic heterocycles. The molecule has 2 amide bonds. The molecule has 1 aromatic heterocycles. The SMILES string of the molecule is CC(C)CC(=O)Nc1ccc(N(C)C)c(CN(CC(C)C)C(=O)c2ccco2)c1. The van der Waals surface area contributed by atoms with Crippen molar-refractivity contribution in [1.29, 1.82) is 0 Å². The van der Waals surface area contributed by atoms with Gasteiger partial charge in [-0.1, -0.05) is 27.7 Å². The van der Waals surface area contributed by atoms with Crippen molar-refractivity contribution in [1.82, 2.24) is 4.90 Å². The normalized spacial score (nSPS) is 11.0. The van der Waals surface area contributed by atoms with E-state index < -0.39 is 0 Å². The van der Waals surface area contributed by atoms with Gasteiger partial charge in [-0.15, -0.1) is 0 Å². The Morgan fingerprint density at radius 3 is 2.34 bits per heavy atom. The molecular formula is C23H33N3O3. The Balaban J connectivity index is 2.31. The number of furan rings is 1. The molecule has 1 aromatic carbocycles. The predicted octanol–water partition coefficient (Wildman–Crippen LogP) is 4.63. The minimum Gasteiger partial charge on any atom is -0.459 e. The summed E-state index contributed by atoms with van der Waals surface area (Å²) in [6, 6.07) is 9.24. The Bertz CT molecular complexity index is 811. The number of amides is 2. The summed E-state index contributed by atoms with van der Waals surface area (Å²) in [5.74, 6) is 0.795. The van der Waals surface area contributed by atoms with E-state index in [2.05, 4.69) is 19.2 Å². The summed E-state index contributed by atoms with van der Waals surface area (Å²) in [5.41, 5.74) is 2.72. The maximum atomic E-state index is 13.0. The molecule has 0 aliphatic rings. The molecule has 0 aliphatic carbocycles. The largest absolute Gasteiger partial charge is 0.459 e. The standard InChI is InChI=1S/C23H33N3O3/c1-16(2)12-22(27)24-19-9-10-20(25(5)6)18(13-19)15-26(14-17(3)4)23(28)21-8-7-11-29-21/h7-11,13,16-17H,12,14-15H2,1-6H3,(H,24,27). The molecule has 0 saturated carbocycles. The molecule has 6 nitrogen and oxygen atoms in total. The van der Waals surface area contributed by atoms with E-state index in [-0.39, 0.29) is 11.8 Å². The molecule has 0 bridgehead atoms. The monoisotopic (exact) mass is 399 g/mol. The summed E-state index contributed by atoms with van der Waals surface area (Å²) in [4.78, 5) is 29.0. The molecule has 29 heavy (non-hydrogen) atoms. The molecule has 158 valence electrons. The van der Waals surface area contributed by atoms with E-state index in [4.69, 9.17) is 4.42 Å². The lowest BCUT2D eigenvalue weighted by atomic mass is 10.1. The summed E-state index contributed by atoms with van der Waals surface area (Å²) in [6.45, 7) is 9.24. The Morgan fingerprint density at radius 2 is 1.79 bits per heavy atom. The number of carbonyl (C=O) groups excluding carboxylic acids is 2. The zero-order chi connectivity index (χ0) is 21.6. The van der Waals surface area contributed by atoms with Crippen LogP contribution in [0.4, 0.5) is 11.4 Å². The first-order valence-corrected chi connectivity index (χ1v) is 10.1. The zero-order valence-corrected chi connectivity index (χ0v) is 18.4. The van der Waals surface area contributed by atoms with Gasteiger partial charge in [0.15, 0.2) is 5.76 Å². The summed E-state index contributed by atoms with van der Waals surface area (Å²) >= 11 is 0. The quantitative estimate of drug-likeness (QED) is 0.668. The smallest absolute Gasteiger partial charge is 0.289 e. The molecule has 1 N–H and O–H groups in total. The zero-order valence-electron chi connectivity index (χ0n) is 18.4. The summed E-state index contributed by atoms with van der Waals surface area (Å²) in [6.07, 6.45) is 1.98. The highest BCUT2D eigenvalue weighted by atomic mass is 16.3. The molecule has 0 atom stereocenters. The van der Waals surface area contributed by atoms with Gasteiger partial charge in [0.2, 0.25) is 5.91 Å². The lowest BCUT2D eigenvalue weighted by Crippen LogP contribution is -2.34. The number of carbonyl (C=O) groups is 2. The Labute approximate surface area is 173 Å². The highest BCUT2D eigenvalue weighted by Gasteiger charge is 2.21. The van der Waals surface area contributed by atoms with Gasteiger partial charge in [-0.05, 0) is 47.7 Å². The fourth-order valence-corrected chi connectivity index (χ4v) is 3.23. The van der Waals surface area contributed by atoms with Crippen molar-refractivity contribution in [3.63, 3.8) is 0 Å². The van der Waals surface area contributed by atoms with Gasteiger partial charge in [0.05, 0.1) is 6.26 Å². The van der Waals surface area contributed by atoms with Crippen LogP contribution in [-0.4, -0.2) is 37.4 Å². The first-order chi connectivity index (χ1) is 13.7. The molecule has 0 unspecified atom stereocenters.